The van der Waals surface area contributed by atoms with Crippen LogP contribution in [0.5, 0.6) is 0 Å². The molecule has 2 aromatic carbocycles. The van der Waals surface area contributed by atoms with Crippen molar-refractivity contribution in [2.75, 3.05) is 19.8 Å². The monoisotopic (exact) mass is 396 g/mol. The molecule has 6 heteroatoms. The minimum atomic E-state index is -0.295. The standard InChI is InChI=1S/C22H24N2O3S/c25-12-13-27-20(19-11-14-28-16-19)15-23-22(26)24-21(17-7-3-1-4-8-17)18-9-5-2-6-10-18/h1-11,14,16,20-21,25H,12-13,15H2,(H2,23,24,26). The van der Waals surface area contributed by atoms with Crippen LogP contribution in [0, 0.1) is 0 Å². The van der Waals surface area contributed by atoms with Gasteiger partial charge in [-0.05, 0) is 33.5 Å². The molecule has 0 bridgehead atoms. The van der Waals surface area contributed by atoms with Gasteiger partial charge in [0.05, 0.1) is 19.3 Å². The van der Waals surface area contributed by atoms with Crippen molar-refractivity contribution in [3.05, 3.63) is 94.2 Å². The first-order chi connectivity index (χ1) is 13.8. The molecule has 0 saturated carbocycles. The predicted molar refractivity (Wildman–Crippen MR) is 111 cm³/mol. The molecule has 5 nitrogen and oxygen atoms in total. The van der Waals surface area contributed by atoms with Gasteiger partial charge in [0.1, 0.15) is 6.10 Å². The fourth-order valence-electron chi connectivity index (χ4n) is 2.94. The van der Waals surface area contributed by atoms with Crippen LogP contribution >= 0.6 is 11.3 Å². The molecule has 0 radical (unpaired) electrons. The number of urea groups is 1. The lowest BCUT2D eigenvalue weighted by Gasteiger charge is -2.22. The molecule has 1 aromatic heterocycles. The quantitative estimate of drug-likeness (QED) is 0.514. The van der Waals surface area contributed by atoms with E-state index >= 15 is 0 Å². The van der Waals surface area contributed by atoms with Crippen LogP contribution in [0.15, 0.2) is 77.5 Å². The van der Waals surface area contributed by atoms with Gasteiger partial charge in [0.25, 0.3) is 0 Å². The lowest BCUT2D eigenvalue weighted by atomic mass is 9.99. The van der Waals surface area contributed by atoms with Gasteiger partial charge in [-0.15, -0.1) is 0 Å². The molecular weight excluding hydrogens is 372 g/mol. The summed E-state index contributed by atoms with van der Waals surface area (Å²) in [4.78, 5) is 12.6. The van der Waals surface area contributed by atoms with Gasteiger partial charge in [-0.25, -0.2) is 4.79 Å². The van der Waals surface area contributed by atoms with Crippen molar-refractivity contribution in [3.8, 4) is 0 Å². The number of aliphatic hydroxyl groups excluding tert-OH is 1. The van der Waals surface area contributed by atoms with Gasteiger partial charge in [0, 0.05) is 6.54 Å². The predicted octanol–water partition coefficient (Wildman–Crippen LogP) is 3.89. The van der Waals surface area contributed by atoms with E-state index in [1.54, 1.807) is 11.3 Å². The van der Waals surface area contributed by atoms with E-state index < -0.39 is 0 Å². The fraction of sp³-hybridized carbons (Fsp3) is 0.227. The van der Waals surface area contributed by atoms with Crippen molar-refractivity contribution >= 4 is 17.4 Å². The first kappa shape index (κ1) is 20.1. The number of rotatable bonds is 9. The molecule has 2 amide bonds. The molecule has 0 fully saturated rings. The number of thiophene rings is 1. The molecule has 146 valence electrons. The number of ether oxygens (including phenoxy) is 1. The molecule has 0 saturated heterocycles. The highest BCUT2D eigenvalue weighted by atomic mass is 32.1. The molecule has 0 aliphatic carbocycles. The van der Waals surface area contributed by atoms with Gasteiger partial charge in [0.15, 0.2) is 0 Å². The smallest absolute Gasteiger partial charge is 0.315 e. The lowest BCUT2D eigenvalue weighted by Crippen LogP contribution is -2.40. The second-order valence-electron chi connectivity index (χ2n) is 6.25. The van der Waals surface area contributed by atoms with Gasteiger partial charge < -0.3 is 20.5 Å². The van der Waals surface area contributed by atoms with Crippen LogP contribution in [0.2, 0.25) is 0 Å². The van der Waals surface area contributed by atoms with Crippen LogP contribution in [0.4, 0.5) is 4.79 Å². The Morgan fingerprint density at radius 2 is 1.61 bits per heavy atom. The summed E-state index contributed by atoms with van der Waals surface area (Å²) in [5, 5.41) is 18.9. The normalized spacial score (nSPS) is 11.9. The van der Waals surface area contributed by atoms with E-state index in [-0.39, 0.29) is 31.4 Å². The molecule has 1 atom stereocenters. The summed E-state index contributed by atoms with van der Waals surface area (Å²) in [7, 11) is 0. The van der Waals surface area contributed by atoms with Crippen LogP contribution in [-0.2, 0) is 4.74 Å². The maximum Gasteiger partial charge on any atom is 0.315 e. The summed E-state index contributed by atoms with van der Waals surface area (Å²) in [6, 6.07) is 21.2. The summed E-state index contributed by atoms with van der Waals surface area (Å²) in [6.45, 7) is 0.482. The van der Waals surface area contributed by atoms with E-state index in [1.807, 2.05) is 77.5 Å². The third-order valence-corrected chi connectivity index (χ3v) is 5.02. The molecule has 0 spiro atoms. The largest absolute Gasteiger partial charge is 0.394 e. The summed E-state index contributed by atoms with van der Waals surface area (Å²) >= 11 is 1.57. The Kier molecular flexibility index (Phi) is 7.61. The van der Waals surface area contributed by atoms with E-state index in [4.69, 9.17) is 9.84 Å². The zero-order valence-electron chi connectivity index (χ0n) is 15.5. The number of nitrogens with one attached hydrogen (secondary N) is 2. The summed E-state index contributed by atoms with van der Waals surface area (Å²) in [6.07, 6.45) is -0.295. The molecule has 0 aliphatic heterocycles. The maximum absolute atomic E-state index is 12.6. The summed E-state index contributed by atoms with van der Waals surface area (Å²) < 4.78 is 5.67. The second kappa shape index (κ2) is 10.6. The van der Waals surface area contributed by atoms with Crippen LogP contribution < -0.4 is 10.6 Å². The fourth-order valence-corrected chi connectivity index (χ4v) is 3.65. The Labute approximate surface area is 169 Å². The van der Waals surface area contributed by atoms with E-state index in [2.05, 4.69) is 10.6 Å². The van der Waals surface area contributed by atoms with E-state index in [0.717, 1.165) is 16.7 Å². The van der Waals surface area contributed by atoms with Crippen molar-refractivity contribution < 1.29 is 14.6 Å². The van der Waals surface area contributed by atoms with Crippen molar-refractivity contribution in [1.29, 1.82) is 0 Å². The number of carbonyl (C=O) groups excluding carboxylic acids is 1. The third kappa shape index (κ3) is 5.66. The van der Waals surface area contributed by atoms with Gasteiger partial charge in [-0.2, -0.15) is 11.3 Å². The minimum absolute atomic E-state index is 0.0586. The Bertz CT molecular complexity index is 786. The van der Waals surface area contributed by atoms with Crippen LogP contribution in [0.25, 0.3) is 0 Å². The van der Waals surface area contributed by atoms with E-state index in [9.17, 15) is 4.79 Å². The average molecular weight is 397 g/mol. The first-order valence-corrected chi connectivity index (χ1v) is 10.1. The average Bonchev–Trinajstić information content (AvgIpc) is 3.28. The number of hydrogen-bond acceptors (Lipinski definition) is 4. The van der Waals surface area contributed by atoms with Crippen LogP contribution in [0.1, 0.15) is 28.8 Å². The minimum Gasteiger partial charge on any atom is -0.394 e. The number of hydrogen-bond donors (Lipinski definition) is 3. The van der Waals surface area contributed by atoms with E-state index in [0.29, 0.717) is 6.54 Å². The Morgan fingerprint density at radius 1 is 0.964 bits per heavy atom. The molecule has 1 heterocycles. The second-order valence-corrected chi connectivity index (χ2v) is 7.03. The number of carbonyl (C=O) groups is 1. The SMILES string of the molecule is O=C(NCC(OCCO)c1ccsc1)NC(c1ccccc1)c1ccccc1. The zero-order valence-corrected chi connectivity index (χ0v) is 16.3. The van der Waals surface area contributed by atoms with Gasteiger partial charge >= 0.3 is 6.03 Å². The van der Waals surface area contributed by atoms with Crippen molar-refractivity contribution in [2.24, 2.45) is 0 Å². The highest BCUT2D eigenvalue weighted by Crippen LogP contribution is 2.22. The molecule has 3 rings (SSSR count). The first-order valence-electron chi connectivity index (χ1n) is 9.16. The Balaban J connectivity index is 1.66. The number of aliphatic hydroxyl groups is 1. The van der Waals surface area contributed by atoms with Crippen LogP contribution in [-0.4, -0.2) is 30.9 Å². The van der Waals surface area contributed by atoms with Gasteiger partial charge in [-0.1, -0.05) is 60.7 Å². The Hall–Kier alpha value is -2.67. The molecule has 1 unspecified atom stereocenters. The maximum atomic E-state index is 12.6. The highest BCUT2D eigenvalue weighted by molar-refractivity contribution is 7.07. The molecule has 3 aromatic rings. The van der Waals surface area contributed by atoms with Crippen LogP contribution in [0.3, 0.4) is 0 Å². The Morgan fingerprint density at radius 3 is 2.14 bits per heavy atom. The molecule has 0 aliphatic rings. The van der Waals surface area contributed by atoms with Gasteiger partial charge in [0.2, 0.25) is 0 Å². The molecular formula is C22H24N2O3S. The molecule has 28 heavy (non-hydrogen) atoms. The number of amides is 2. The molecule has 3 N–H and O–H groups in total. The van der Waals surface area contributed by atoms with E-state index in [1.165, 1.54) is 0 Å². The highest BCUT2D eigenvalue weighted by Gasteiger charge is 2.18. The zero-order chi connectivity index (χ0) is 19.6. The third-order valence-electron chi connectivity index (χ3n) is 4.31. The van der Waals surface area contributed by atoms with Gasteiger partial charge in [-0.3, -0.25) is 0 Å². The summed E-state index contributed by atoms with van der Waals surface area (Å²) in [5.41, 5.74) is 3.01. The topological polar surface area (TPSA) is 70.6 Å². The summed E-state index contributed by atoms with van der Waals surface area (Å²) in [5.74, 6) is 0. The van der Waals surface area contributed by atoms with Crippen molar-refractivity contribution in [1.82, 2.24) is 10.6 Å². The lowest BCUT2D eigenvalue weighted by molar-refractivity contribution is 0.0296. The number of benzene rings is 2. The van der Waals surface area contributed by atoms with Crippen molar-refractivity contribution in [2.45, 2.75) is 12.1 Å². The van der Waals surface area contributed by atoms with Crippen molar-refractivity contribution in [3.63, 3.8) is 0 Å².